The fourth-order valence-electron chi connectivity index (χ4n) is 2.49. The second-order valence-corrected chi connectivity index (χ2v) is 6.84. The van der Waals surface area contributed by atoms with E-state index in [1.54, 1.807) is 12.3 Å². The van der Waals surface area contributed by atoms with Gasteiger partial charge in [0.15, 0.2) is 16.6 Å². The Hall–Kier alpha value is -3.53. The predicted octanol–water partition coefficient (Wildman–Crippen LogP) is 2.44. The molecule has 9 nitrogen and oxygen atoms in total. The molecule has 27 heavy (non-hydrogen) atoms. The van der Waals surface area contributed by atoms with Crippen molar-refractivity contribution in [2.75, 3.05) is 5.32 Å². The van der Waals surface area contributed by atoms with Crippen LogP contribution in [0.2, 0.25) is 0 Å². The smallest absolute Gasteiger partial charge is 0.277 e. The minimum atomic E-state index is -0.379. The number of nitrogens with zero attached hydrogens (tertiary/aromatic N) is 7. The number of hydrogen-bond donors (Lipinski definition) is 1. The zero-order chi connectivity index (χ0) is 18.8. The molecule has 0 bridgehead atoms. The summed E-state index contributed by atoms with van der Waals surface area (Å²) in [7, 11) is 0. The van der Waals surface area contributed by atoms with E-state index in [1.807, 2.05) is 32.0 Å². The molecule has 4 aromatic heterocycles. The molecule has 0 saturated heterocycles. The summed E-state index contributed by atoms with van der Waals surface area (Å²) in [5.41, 5.74) is 2.68. The van der Waals surface area contributed by atoms with E-state index in [1.165, 1.54) is 28.5 Å². The third-order valence-corrected chi connectivity index (χ3v) is 4.60. The van der Waals surface area contributed by atoms with Crippen LogP contribution in [-0.4, -0.2) is 40.8 Å². The van der Waals surface area contributed by atoms with Gasteiger partial charge in [0.2, 0.25) is 0 Å². The van der Waals surface area contributed by atoms with Crippen molar-refractivity contribution in [3.8, 4) is 17.2 Å². The molecular formula is C17H14N8OS. The van der Waals surface area contributed by atoms with Crippen molar-refractivity contribution in [1.82, 2.24) is 34.9 Å². The average molecular weight is 378 g/mol. The van der Waals surface area contributed by atoms with Crippen molar-refractivity contribution in [2.24, 2.45) is 0 Å². The molecule has 134 valence electrons. The molecule has 0 aliphatic heterocycles. The van der Waals surface area contributed by atoms with Gasteiger partial charge < -0.3 is 0 Å². The Kier molecular flexibility index (Phi) is 4.38. The summed E-state index contributed by atoms with van der Waals surface area (Å²) in [5.74, 6) is 0.0729. The van der Waals surface area contributed by atoms with Gasteiger partial charge in [-0.1, -0.05) is 11.3 Å². The first-order chi connectivity index (χ1) is 13.1. The van der Waals surface area contributed by atoms with Crippen LogP contribution in [0.4, 0.5) is 5.13 Å². The quantitative estimate of drug-likeness (QED) is 0.580. The Bertz CT molecular complexity index is 1110. The van der Waals surface area contributed by atoms with Crippen LogP contribution >= 0.6 is 11.3 Å². The van der Waals surface area contributed by atoms with Gasteiger partial charge >= 0.3 is 0 Å². The maximum atomic E-state index is 12.7. The van der Waals surface area contributed by atoms with E-state index in [2.05, 4.69) is 35.6 Å². The van der Waals surface area contributed by atoms with Crippen LogP contribution in [-0.2, 0) is 0 Å². The Morgan fingerprint density at radius 3 is 2.85 bits per heavy atom. The number of aryl methyl sites for hydroxylation is 2. The number of aromatic nitrogens is 7. The van der Waals surface area contributed by atoms with Crippen LogP contribution < -0.4 is 5.32 Å². The predicted molar refractivity (Wildman–Crippen MR) is 99.7 cm³/mol. The van der Waals surface area contributed by atoms with E-state index in [4.69, 9.17) is 0 Å². The number of thiazole rings is 1. The number of pyridine rings is 1. The Labute approximate surface area is 158 Å². The molecular weight excluding hydrogens is 364 g/mol. The number of carbonyl (C=O) groups is 1. The number of amides is 1. The maximum Gasteiger partial charge on any atom is 0.277 e. The number of nitrogens with one attached hydrogen (secondary N) is 1. The highest BCUT2D eigenvalue weighted by molar-refractivity contribution is 7.16. The van der Waals surface area contributed by atoms with Gasteiger partial charge in [0, 0.05) is 22.8 Å². The maximum absolute atomic E-state index is 12.7. The molecule has 1 amide bonds. The van der Waals surface area contributed by atoms with Crippen molar-refractivity contribution in [3.05, 3.63) is 59.3 Å². The lowest BCUT2D eigenvalue weighted by molar-refractivity contribution is 0.101. The highest BCUT2D eigenvalue weighted by Crippen LogP contribution is 2.29. The van der Waals surface area contributed by atoms with Gasteiger partial charge in [-0.2, -0.15) is 4.68 Å². The van der Waals surface area contributed by atoms with Gasteiger partial charge in [0.1, 0.15) is 12.0 Å². The summed E-state index contributed by atoms with van der Waals surface area (Å²) in [6.45, 7) is 3.87. The fraction of sp³-hybridized carbons (Fsp3) is 0.118. The molecule has 0 unspecified atom stereocenters. The summed E-state index contributed by atoms with van der Waals surface area (Å²) < 4.78 is 1.35. The van der Waals surface area contributed by atoms with Gasteiger partial charge in [-0.15, -0.1) is 16.4 Å². The summed E-state index contributed by atoms with van der Waals surface area (Å²) in [5, 5.41) is 11.0. The summed E-state index contributed by atoms with van der Waals surface area (Å²) in [6.07, 6.45) is 4.32. The molecule has 0 spiro atoms. The molecule has 4 heterocycles. The van der Waals surface area contributed by atoms with Crippen LogP contribution in [0.1, 0.15) is 21.1 Å². The lowest BCUT2D eigenvalue weighted by atomic mass is 10.2. The van der Waals surface area contributed by atoms with Crippen molar-refractivity contribution in [1.29, 1.82) is 0 Å². The number of anilines is 1. The standard InChI is InChI=1S/C17H14N8OS/c1-10-4-3-5-12(21-10)15-11(2)27-17(22-15)23-16(26)13-8-20-24-25(13)14-6-7-18-9-19-14/h3-9H,1-2H3,(H,22,23,26). The van der Waals surface area contributed by atoms with Crippen molar-refractivity contribution in [3.63, 3.8) is 0 Å². The van der Waals surface area contributed by atoms with E-state index in [9.17, 15) is 4.79 Å². The lowest BCUT2D eigenvalue weighted by Gasteiger charge is -2.04. The molecule has 4 rings (SSSR count). The second kappa shape index (κ2) is 7.00. The average Bonchev–Trinajstić information content (AvgIpc) is 3.29. The van der Waals surface area contributed by atoms with E-state index >= 15 is 0 Å². The van der Waals surface area contributed by atoms with E-state index < -0.39 is 0 Å². The zero-order valence-corrected chi connectivity index (χ0v) is 15.3. The second-order valence-electron chi connectivity index (χ2n) is 5.64. The monoisotopic (exact) mass is 378 g/mol. The lowest BCUT2D eigenvalue weighted by Crippen LogP contribution is -2.17. The molecule has 0 saturated carbocycles. The number of rotatable bonds is 4. The van der Waals surface area contributed by atoms with Crippen LogP contribution in [0.5, 0.6) is 0 Å². The Morgan fingerprint density at radius 2 is 2.07 bits per heavy atom. The van der Waals surface area contributed by atoms with Gasteiger partial charge in [0.05, 0.1) is 11.9 Å². The number of hydrogen-bond acceptors (Lipinski definition) is 8. The van der Waals surface area contributed by atoms with E-state index in [-0.39, 0.29) is 11.6 Å². The molecule has 1 N–H and O–H groups in total. The van der Waals surface area contributed by atoms with Crippen molar-refractivity contribution < 1.29 is 4.79 Å². The molecule has 0 fully saturated rings. The van der Waals surface area contributed by atoms with Gasteiger partial charge in [-0.05, 0) is 26.0 Å². The Morgan fingerprint density at radius 1 is 1.19 bits per heavy atom. The zero-order valence-electron chi connectivity index (χ0n) is 14.5. The van der Waals surface area contributed by atoms with Gasteiger partial charge in [-0.25, -0.2) is 15.0 Å². The van der Waals surface area contributed by atoms with Crippen LogP contribution in [0.25, 0.3) is 17.2 Å². The first-order valence-electron chi connectivity index (χ1n) is 8.02. The molecule has 0 radical (unpaired) electrons. The first-order valence-corrected chi connectivity index (χ1v) is 8.83. The van der Waals surface area contributed by atoms with Crippen LogP contribution in [0.15, 0.2) is 43.0 Å². The van der Waals surface area contributed by atoms with Crippen LogP contribution in [0, 0.1) is 13.8 Å². The largest absolute Gasteiger partial charge is 0.296 e. The SMILES string of the molecule is Cc1cccc(-c2nc(NC(=O)c3cnnn3-c3ccncn3)sc2C)n1. The first kappa shape index (κ1) is 16.9. The van der Waals surface area contributed by atoms with E-state index in [0.29, 0.717) is 10.9 Å². The highest BCUT2D eigenvalue weighted by Gasteiger charge is 2.18. The third kappa shape index (κ3) is 3.42. The van der Waals surface area contributed by atoms with Crippen molar-refractivity contribution in [2.45, 2.75) is 13.8 Å². The highest BCUT2D eigenvalue weighted by atomic mass is 32.1. The van der Waals surface area contributed by atoms with Crippen LogP contribution in [0.3, 0.4) is 0 Å². The van der Waals surface area contributed by atoms with E-state index in [0.717, 1.165) is 22.0 Å². The molecule has 10 heteroatoms. The topological polar surface area (TPSA) is 111 Å². The molecule has 4 aromatic rings. The molecule has 0 aliphatic rings. The third-order valence-electron chi connectivity index (χ3n) is 3.71. The summed E-state index contributed by atoms with van der Waals surface area (Å²) >= 11 is 1.38. The van der Waals surface area contributed by atoms with Gasteiger partial charge in [-0.3, -0.25) is 15.1 Å². The molecule has 0 atom stereocenters. The summed E-state index contributed by atoms with van der Waals surface area (Å²) in [4.78, 5) is 30.6. The minimum absolute atomic E-state index is 0.247. The minimum Gasteiger partial charge on any atom is -0.296 e. The number of carbonyl (C=O) groups excluding carboxylic acids is 1. The van der Waals surface area contributed by atoms with Gasteiger partial charge in [0.25, 0.3) is 5.91 Å². The molecule has 0 aliphatic carbocycles. The Balaban J connectivity index is 1.60. The summed E-state index contributed by atoms with van der Waals surface area (Å²) in [6, 6.07) is 7.39. The van der Waals surface area contributed by atoms with Crippen molar-refractivity contribution >= 4 is 22.4 Å². The fourth-order valence-corrected chi connectivity index (χ4v) is 3.31. The normalized spacial score (nSPS) is 10.7. The molecule has 0 aromatic carbocycles.